The van der Waals surface area contributed by atoms with Gasteiger partial charge in [-0.05, 0) is 24.3 Å². The second kappa shape index (κ2) is 5.82. The van der Waals surface area contributed by atoms with Crippen LogP contribution >= 0.6 is 22.9 Å². The molecule has 0 aromatic carbocycles. The smallest absolute Gasteiger partial charge is 0.138 e. The zero-order valence-electron chi connectivity index (χ0n) is 10.4. The van der Waals surface area contributed by atoms with Crippen LogP contribution in [-0.4, -0.2) is 19.9 Å². The van der Waals surface area contributed by atoms with Gasteiger partial charge in [0, 0.05) is 13.0 Å². The van der Waals surface area contributed by atoms with Crippen LogP contribution in [0.3, 0.4) is 0 Å². The number of halogens is 1. The Morgan fingerprint density at radius 2 is 2.33 bits per heavy atom. The molecule has 0 saturated carbocycles. The van der Waals surface area contributed by atoms with Crippen molar-refractivity contribution in [1.82, 2.24) is 14.8 Å². The van der Waals surface area contributed by atoms with Gasteiger partial charge in [0.25, 0.3) is 0 Å². The minimum absolute atomic E-state index is 0.444. The molecule has 0 aliphatic carbocycles. The highest BCUT2D eigenvalue weighted by Crippen LogP contribution is 2.33. The Morgan fingerprint density at radius 1 is 1.56 bits per heavy atom. The largest absolute Gasteiger partial charge is 0.387 e. The summed E-state index contributed by atoms with van der Waals surface area (Å²) in [6.07, 6.45) is 2.35. The highest BCUT2D eigenvalue weighted by molar-refractivity contribution is 7.10. The molecule has 98 valence electrons. The molecule has 1 N–H and O–H groups in total. The predicted molar refractivity (Wildman–Crippen MR) is 73.0 cm³/mol. The normalized spacial score (nSPS) is 12.9. The van der Waals surface area contributed by atoms with E-state index in [-0.39, 0.29) is 0 Å². The van der Waals surface area contributed by atoms with Crippen LogP contribution in [0.25, 0.3) is 0 Å². The van der Waals surface area contributed by atoms with Gasteiger partial charge in [-0.2, -0.15) is 5.10 Å². The van der Waals surface area contributed by atoms with Crippen LogP contribution in [-0.2, 0) is 13.0 Å². The van der Waals surface area contributed by atoms with E-state index in [1.54, 1.807) is 0 Å². The molecule has 0 saturated heterocycles. The molecule has 2 aromatic heterocycles. The first-order chi connectivity index (χ1) is 8.63. The Labute approximate surface area is 115 Å². The SMILES string of the molecule is CCCn1ncnc1CC(O)c1scc(C)c1Cl. The summed E-state index contributed by atoms with van der Waals surface area (Å²) in [5, 5.41) is 17.0. The Balaban J connectivity index is 2.13. The van der Waals surface area contributed by atoms with Gasteiger partial charge in [0.05, 0.1) is 16.0 Å². The molecular weight excluding hydrogens is 270 g/mol. The highest BCUT2D eigenvalue weighted by Gasteiger charge is 2.18. The molecule has 6 heteroatoms. The van der Waals surface area contributed by atoms with Gasteiger partial charge in [0.1, 0.15) is 12.2 Å². The molecule has 0 amide bonds. The van der Waals surface area contributed by atoms with E-state index in [4.69, 9.17) is 11.6 Å². The third-order valence-corrected chi connectivity index (χ3v) is 4.55. The Hall–Kier alpha value is -0.910. The van der Waals surface area contributed by atoms with Crippen LogP contribution in [0.4, 0.5) is 0 Å². The molecule has 0 bridgehead atoms. The topological polar surface area (TPSA) is 50.9 Å². The Morgan fingerprint density at radius 3 is 2.94 bits per heavy atom. The average Bonchev–Trinajstić information content (AvgIpc) is 2.89. The lowest BCUT2D eigenvalue weighted by Crippen LogP contribution is -2.10. The lowest BCUT2D eigenvalue weighted by Gasteiger charge is -2.10. The third-order valence-electron chi connectivity index (χ3n) is 2.73. The quantitative estimate of drug-likeness (QED) is 0.919. The summed E-state index contributed by atoms with van der Waals surface area (Å²) >= 11 is 7.64. The number of hydrogen-bond donors (Lipinski definition) is 1. The van der Waals surface area contributed by atoms with Crippen LogP contribution in [0.15, 0.2) is 11.7 Å². The van der Waals surface area contributed by atoms with Crippen LogP contribution in [0, 0.1) is 6.92 Å². The minimum Gasteiger partial charge on any atom is -0.387 e. The zero-order chi connectivity index (χ0) is 13.1. The Kier molecular flexibility index (Phi) is 4.37. The average molecular weight is 286 g/mol. The highest BCUT2D eigenvalue weighted by atomic mass is 35.5. The van der Waals surface area contributed by atoms with E-state index in [9.17, 15) is 5.11 Å². The number of aromatic nitrogens is 3. The maximum Gasteiger partial charge on any atom is 0.138 e. The molecule has 0 aliphatic rings. The van der Waals surface area contributed by atoms with Gasteiger partial charge in [0.2, 0.25) is 0 Å². The van der Waals surface area contributed by atoms with Gasteiger partial charge in [-0.15, -0.1) is 11.3 Å². The van der Waals surface area contributed by atoms with E-state index >= 15 is 0 Å². The fourth-order valence-corrected chi connectivity index (χ4v) is 3.09. The first kappa shape index (κ1) is 13.5. The molecule has 0 radical (unpaired) electrons. The lowest BCUT2D eigenvalue weighted by molar-refractivity contribution is 0.177. The number of hydrogen-bond acceptors (Lipinski definition) is 4. The fraction of sp³-hybridized carbons (Fsp3) is 0.500. The minimum atomic E-state index is -0.615. The summed E-state index contributed by atoms with van der Waals surface area (Å²) in [5.41, 5.74) is 1.01. The summed E-state index contributed by atoms with van der Waals surface area (Å²) in [5.74, 6) is 0.798. The van der Waals surface area contributed by atoms with Gasteiger partial charge in [-0.25, -0.2) is 4.98 Å². The van der Waals surface area contributed by atoms with Crippen molar-refractivity contribution in [3.8, 4) is 0 Å². The number of rotatable bonds is 5. The van der Waals surface area contributed by atoms with Crippen molar-refractivity contribution in [1.29, 1.82) is 0 Å². The second-order valence-corrected chi connectivity index (χ2v) is 5.51. The Bertz CT molecular complexity index is 523. The first-order valence-corrected chi connectivity index (χ1v) is 7.17. The van der Waals surface area contributed by atoms with E-state index in [1.165, 1.54) is 17.7 Å². The van der Waals surface area contributed by atoms with Gasteiger partial charge < -0.3 is 5.11 Å². The number of aryl methyl sites for hydroxylation is 2. The van der Waals surface area contributed by atoms with Crippen molar-refractivity contribution in [3.63, 3.8) is 0 Å². The number of nitrogens with zero attached hydrogens (tertiary/aromatic N) is 3. The van der Waals surface area contributed by atoms with E-state index in [2.05, 4.69) is 17.0 Å². The molecule has 18 heavy (non-hydrogen) atoms. The molecular formula is C12H16ClN3OS. The molecule has 0 fully saturated rings. The van der Waals surface area contributed by atoms with Gasteiger partial charge in [0.15, 0.2) is 0 Å². The van der Waals surface area contributed by atoms with Gasteiger partial charge in [-0.1, -0.05) is 18.5 Å². The zero-order valence-corrected chi connectivity index (χ0v) is 12.0. The van der Waals surface area contributed by atoms with Crippen LogP contribution in [0.1, 0.15) is 35.7 Å². The maximum absolute atomic E-state index is 10.2. The fourth-order valence-electron chi connectivity index (χ4n) is 1.78. The van der Waals surface area contributed by atoms with E-state index in [0.717, 1.165) is 29.2 Å². The van der Waals surface area contributed by atoms with Gasteiger partial charge in [-0.3, -0.25) is 4.68 Å². The molecule has 1 atom stereocenters. The monoisotopic (exact) mass is 285 g/mol. The summed E-state index contributed by atoms with van der Waals surface area (Å²) in [7, 11) is 0. The molecule has 2 heterocycles. The molecule has 0 aliphatic heterocycles. The summed E-state index contributed by atoms with van der Waals surface area (Å²) < 4.78 is 1.83. The van der Waals surface area contributed by atoms with Crippen molar-refractivity contribution in [2.45, 2.75) is 39.3 Å². The van der Waals surface area contributed by atoms with Crippen molar-refractivity contribution >= 4 is 22.9 Å². The van der Waals surface area contributed by atoms with Crippen LogP contribution < -0.4 is 0 Å². The summed E-state index contributed by atoms with van der Waals surface area (Å²) in [6.45, 7) is 4.84. The van der Waals surface area contributed by atoms with Gasteiger partial charge >= 0.3 is 0 Å². The lowest BCUT2D eigenvalue weighted by atomic mass is 10.2. The molecule has 2 aromatic rings. The molecule has 0 spiro atoms. The van der Waals surface area contributed by atoms with E-state index in [1.807, 2.05) is 17.0 Å². The van der Waals surface area contributed by atoms with Crippen molar-refractivity contribution in [3.05, 3.63) is 33.0 Å². The number of thiophene rings is 1. The van der Waals surface area contributed by atoms with E-state index in [0.29, 0.717) is 11.4 Å². The molecule has 2 rings (SSSR count). The first-order valence-electron chi connectivity index (χ1n) is 5.91. The summed E-state index contributed by atoms with van der Waals surface area (Å²) in [6, 6.07) is 0. The number of aliphatic hydroxyl groups is 1. The van der Waals surface area contributed by atoms with Crippen molar-refractivity contribution in [2.75, 3.05) is 0 Å². The number of aliphatic hydroxyl groups excluding tert-OH is 1. The van der Waals surface area contributed by atoms with Crippen LogP contribution in [0.5, 0.6) is 0 Å². The maximum atomic E-state index is 10.2. The predicted octanol–water partition coefficient (Wildman–Crippen LogP) is 2.99. The third kappa shape index (κ3) is 2.74. The van der Waals surface area contributed by atoms with Crippen molar-refractivity contribution < 1.29 is 5.11 Å². The van der Waals surface area contributed by atoms with Crippen molar-refractivity contribution in [2.24, 2.45) is 0 Å². The second-order valence-electron chi connectivity index (χ2n) is 4.22. The summed E-state index contributed by atoms with van der Waals surface area (Å²) in [4.78, 5) is 5.00. The molecule has 1 unspecified atom stereocenters. The standard InChI is InChI=1S/C12H16ClN3OS/c1-3-4-16-10(14-7-15-16)5-9(17)12-11(13)8(2)6-18-12/h6-7,9,17H,3-5H2,1-2H3. The van der Waals surface area contributed by atoms with Crippen LogP contribution in [0.2, 0.25) is 5.02 Å². The molecule has 4 nitrogen and oxygen atoms in total. The van der Waals surface area contributed by atoms with E-state index < -0.39 is 6.10 Å².